The number of carbonyl (C=O) groups is 1. The smallest absolute Gasteiger partial charge is 0.259 e. The lowest BCUT2D eigenvalue weighted by molar-refractivity contribution is 0.102. The molecule has 3 aromatic carbocycles. The molecule has 0 aliphatic rings. The zero-order valence-electron chi connectivity index (χ0n) is 17.4. The van der Waals surface area contributed by atoms with Gasteiger partial charge in [-0.25, -0.2) is 14.1 Å². The number of carbonyl (C=O) groups excluding carboxylic acids is 1. The Hall–Kier alpha value is -4.59. The Kier molecular flexibility index (Phi) is 5.02. The average molecular weight is 440 g/mol. The van der Waals surface area contributed by atoms with Gasteiger partial charge in [0.05, 0.1) is 10.9 Å². The number of benzene rings is 3. The maximum absolute atomic E-state index is 14.6. The molecule has 5 rings (SSSR count). The van der Waals surface area contributed by atoms with E-state index in [1.54, 1.807) is 31.2 Å². The zero-order chi connectivity index (χ0) is 22.9. The summed E-state index contributed by atoms with van der Waals surface area (Å²) in [6.45, 7) is 1.69. The molecule has 1 N–H and O–H groups in total. The second-order valence-corrected chi connectivity index (χ2v) is 7.39. The third kappa shape index (κ3) is 3.67. The summed E-state index contributed by atoms with van der Waals surface area (Å²) in [4.78, 5) is 29.9. The molecule has 0 aliphatic carbocycles. The third-order valence-corrected chi connectivity index (χ3v) is 5.30. The average Bonchev–Trinajstić information content (AvgIpc) is 3.36. The first-order valence-corrected chi connectivity index (χ1v) is 10.1. The van der Waals surface area contributed by atoms with Crippen LogP contribution < -0.4 is 10.7 Å². The van der Waals surface area contributed by atoms with Crippen molar-refractivity contribution in [1.82, 2.24) is 14.8 Å². The van der Waals surface area contributed by atoms with Crippen LogP contribution in [0.2, 0.25) is 0 Å². The van der Waals surface area contributed by atoms with Crippen molar-refractivity contribution in [2.75, 3.05) is 5.32 Å². The van der Waals surface area contributed by atoms with Crippen LogP contribution in [0.4, 0.5) is 10.1 Å². The Balaban J connectivity index is 1.55. The van der Waals surface area contributed by atoms with E-state index >= 15 is 0 Å². The number of hydrogen-bond acceptors (Lipinski definition) is 5. The Morgan fingerprint density at radius 2 is 1.88 bits per heavy atom. The molecular weight excluding hydrogens is 423 g/mol. The van der Waals surface area contributed by atoms with Gasteiger partial charge in [0.15, 0.2) is 16.8 Å². The van der Waals surface area contributed by atoms with Crippen molar-refractivity contribution in [3.05, 3.63) is 107 Å². The number of rotatable bonds is 4. The van der Waals surface area contributed by atoms with Crippen LogP contribution in [0.5, 0.6) is 0 Å². The Morgan fingerprint density at radius 1 is 1.06 bits per heavy atom. The number of fused-ring (bicyclic) bond motifs is 1. The maximum atomic E-state index is 14.6. The van der Waals surface area contributed by atoms with Crippen molar-refractivity contribution in [2.24, 2.45) is 0 Å². The highest BCUT2D eigenvalue weighted by Crippen LogP contribution is 2.28. The minimum atomic E-state index is -0.579. The number of halogens is 1. The normalized spacial score (nSPS) is 11.0. The predicted molar refractivity (Wildman–Crippen MR) is 122 cm³/mol. The second-order valence-electron chi connectivity index (χ2n) is 7.39. The molecule has 8 heteroatoms. The van der Waals surface area contributed by atoms with E-state index in [0.29, 0.717) is 16.7 Å². The third-order valence-electron chi connectivity index (χ3n) is 5.30. The van der Waals surface area contributed by atoms with Gasteiger partial charge in [0, 0.05) is 16.8 Å². The second kappa shape index (κ2) is 8.16. The van der Waals surface area contributed by atoms with Gasteiger partial charge in [-0.2, -0.15) is 5.10 Å². The van der Waals surface area contributed by atoms with Gasteiger partial charge in [-0.3, -0.25) is 9.59 Å². The molecule has 1 amide bonds. The zero-order valence-corrected chi connectivity index (χ0v) is 17.4. The summed E-state index contributed by atoms with van der Waals surface area (Å²) < 4.78 is 21.9. The molecule has 0 fully saturated rings. The lowest BCUT2D eigenvalue weighted by Crippen LogP contribution is -2.15. The summed E-state index contributed by atoms with van der Waals surface area (Å²) in [7, 11) is 0. The summed E-state index contributed by atoms with van der Waals surface area (Å²) >= 11 is 0. The number of aromatic nitrogens is 3. The molecule has 7 nitrogen and oxygen atoms in total. The van der Waals surface area contributed by atoms with Crippen LogP contribution in [-0.2, 0) is 0 Å². The summed E-state index contributed by atoms with van der Waals surface area (Å²) in [6, 6.07) is 18.2. The summed E-state index contributed by atoms with van der Waals surface area (Å²) in [5.41, 5.74) is 1.76. The number of anilines is 1. The van der Waals surface area contributed by atoms with E-state index in [1.165, 1.54) is 29.5 Å². The molecule has 162 valence electrons. The van der Waals surface area contributed by atoms with Gasteiger partial charge in [0.1, 0.15) is 24.1 Å². The largest absolute Gasteiger partial charge is 0.455 e. The van der Waals surface area contributed by atoms with Crippen LogP contribution in [0.15, 0.2) is 88.6 Å². The minimum Gasteiger partial charge on any atom is -0.455 e. The van der Waals surface area contributed by atoms with Gasteiger partial charge < -0.3 is 9.73 Å². The fourth-order valence-corrected chi connectivity index (χ4v) is 3.65. The number of hydrogen-bond donors (Lipinski definition) is 1. The standard InChI is InChI=1S/C25H17FN4O3/c1-15-22(31)18-8-5-9-19(24(18)33-23(15)16-6-3-2-4-7-16)25(32)29-17-10-11-21(20(26)12-17)30-14-27-13-28-30/h2-14H,1H3,(H,29,32). The van der Waals surface area contributed by atoms with Crippen LogP contribution in [0.25, 0.3) is 28.0 Å². The van der Waals surface area contributed by atoms with E-state index in [9.17, 15) is 14.0 Å². The van der Waals surface area contributed by atoms with E-state index < -0.39 is 11.7 Å². The first-order valence-electron chi connectivity index (χ1n) is 10.1. The van der Waals surface area contributed by atoms with Gasteiger partial charge in [-0.05, 0) is 37.3 Å². The fourth-order valence-electron chi connectivity index (χ4n) is 3.65. The molecule has 0 unspecified atom stereocenters. The van der Waals surface area contributed by atoms with Crippen molar-refractivity contribution >= 4 is 22.6 Å². The molecule has 33 heavy (non-hydrogen) atoms. The van der Waals surface area contributed by atoms with Gasteiger partial charge in [0.25, 0.3) is 5.91 Å². The summed E-state index contributed by atoms with van der Waals surface area (Å²) in [5.74, 6) is -0.708. The SMILES string of the molecule is Cc1c(-c2ccccc2)oc2c(C(=O)Nc3ccc(-n4cncn4)c(F)c3)cccc2c1=O. The summed E-state index contributed by atoms with van der Waals surface area (Å²) in [6.07, 6.45) is 2.68. The van der Waals surface area contributed by atoms with Crippen LogP contribution in [-0.4, -0.2) is 20.7 Å². The molecular formula is C25H17FN4O3. The van der Waals surface area contributed by atoms with Crippen molar-refractivity contribution < 1.29 is 13.6 Å². The monoisotopic (exact) mass is 440 g/mol. The topological polar surface area (TPSA) is 90.0 Å². The van der Waals surface area contributed by atoms with Gasteiger partial charge in [-0.15, -0.1) is 0 Å². The van der Waals surface area contributed by atoms with Gasteiger partial charge in [-0.1, -0.05) is 36.4 Å². The molecule has 2 heterocycles. The molecule has 2 aromatic heterocycles. The molecule has 5 aromatic rings. The number of para-hydroxylation sites is 1. The van der Waals surface area contributed by atoms with E-state index in [1.807, 2.05) is 30.3 Å². The highest BCUT2D eigenvalue weighted by atomic mass is 19.1. The van der Waals surface area contributed by atoms with Gasteiger partial charge in [0.2, 0.25) is 0 Å². The lowest BCUT2D eigenvalue weighted by atomic mass is 10.0. The Labute approximate surface area is 187 Å². The highest BCUT2D eigenvalue weighted by Gasteiger charge is 2.19. The summed E-state index contributed by atoms with van der Waals surface area (Å²) in [5, 5.41) is 6.87. The number of amides is 1. The molecule has 0 atom stereocenters. The van der Waals surface area contributed by atoms with Crippen LogP contribution >= 0.6 is 0 Å². The lowest BCUT2D eigenvalue weighted by Gasteiger charge is -2.11. The van der Waals surface area contributed by atoms with Crippen LogP contribution in [0.1, 0.15) is 15.9 Å². The van der Waals surface area contributed by atoms with E-state index in [-0.39, 0.29) is 28.0 Å². The molecule has 0 spiro atoms. The Morgan fingerprint density at radius 3 is 2.61 bits per heavy atom. The molecule has 0 radical (unpaired) electrons. The minimum absolute atomic E-state index is 0.169. The van der Waals surface area contributed by atoms with E-state index in [0.717, 1.165) is 5.56 Å². The Bertz CT molecular complexity index is 1540. The quantitative estimate of drug-likeness (QED) is 0.436. The first kappa shape index (κ1) is 20.3. The molecule has 0 saturated carbocycles. The highest BCUT2D eigenvalue weighted by molar-refractivity contribution is 6.11. The molecule has 0 aliphatic heterocycles. The fraction of sp³-hybridized carbons (Fsp3) is 0.0400. The van der Waals surface area contributed by atoms with Crippen molar-refractivity contribution in [2.45, 2.75) is 6.92 Å². The van der Waals surface area contributed by atoms with Crippen molar-refractivity contribution in [3.63, 3.8) is 0 Å². The van der Waals surface area contributed by atoms with E-state index in [4.69, 9.17) is 4.42 Å². The first-order chi connectivity index (χ1) is 16.0. The van der Waals surface area contributed by atoms with Crippen molar-refractivity contribution in [1.29, 1.82) is 0 Å². The van der Waals surface area contributed by atoms with Gasteiger partial charge >= 0.3 is 0 Å². The number of nitrogens with zero attached hydrogens (tertiary/aromatic N) is 3. The molecule has 0 saturated heterocycles. The number of nitrogens with one attached hydrogen (secondary N) is 1. The van der Waals surface area contributed by atoms with Crippen LogP contribution in [0, 0.1) is 12.7 Å². The van der Waals surface area contributed by atoms with Crippen LogP contribution in [0.3, 0.4) is 0 Å². The molecule has 0 bridgehead atoms. The predicted octanol–water partition coefficient (Wildman–Crippen LogP) is 4.74. The van der Waals surface area contributed by atoms with Crippen molar-refractivity contribution in [3.8, 4) is 17.0 Å². The maximum Gasteiger partial charge on any atom is 0.259 e. The van der Waals surface area contributed by atoms with E-state index in [2.05, 4.69) is 15.4 Å².